The van der Waals surface area contributed by atoms with Gasteiger partial charge in [-0.1, -0.05) is 66.7 Å². The number of rotatable bonds is 3. The number of benzene rings is 3. The molecule has 0 radical (unpaired) electrons. The lowest BCUT2D eigenvalue weighted by molar-refractivity contribution is 0.0832. The number of hydrogen-bond donors (Lipinski definition) is 0. The molecule has 0 amide bonds. The van der Waals surface area contributed by atoms with Crippen molar-refractivity contribution in [1.82, 2.24) is 0 Å². The molecular formula is C23H23NO. The van der Waals surface area contributed by atoms with E-state index in [-0.39, 0.29) is 12.1 Å². The quantitative estimate of drug-likeness (QED) is 0.590. The summed E-state index contributed by atoms with van der Waals surface area (Å²) in [5, 5.41) is 2.10. The van der Waals surface area contributed by atoms with Gasteiger partial charge in [0.2, 0.25) is 0 Å². The van der Waals surface area contributed by atoms with Crippen LogP contribution >= 0.6 is 0 Å². The Labute approximate surface area is 149 Å². The summed E-state index contributed by atoms with van der Waals surface area (Å²) in [7, 11) is 0. The fourth-order valence-corrected chi connectivity index (χ4v) is 3.71. The van der Waals surface area contributed by atoms with Crippen LogP contribution in [0.5, 0.6) is 0 Å². The molecule has 4 rings (SSSR count). The molecular weight excluding hydrogens is 306 g/mol. The minimum atomic E-state index is 0.0750. The Balaban J connectivity index is 1.75. The molecule has 1 heterocycles. The van der Waals surface area contributed by atoms with Gasteiger partial charge in [0.1, 0.15) is 6.10 Å². The van der Waals surface area contributed by atoms with Crippen molar-refractivity contribution in [3.05, 3.63) is 101 Å². The molecule has 1 aliphatic rings. The van der Waals surface area contributed by atoms with Gasteiger partial charge in [-0.25, -0.2) is 5.06 Å². The van der Waals surface area contributed by atoms with E-state index in [1.807, 2.05) is 6.07 Å². The van der Waals surface area contributed by atoms with E-state index in [4.69, 9.17) is 4.84 Å². The van der Waals surface area contributed by atoms with Crippen molar-refractivity contribution in [2.24, 2.45) is 0 Å². The van der Waals surface area contributed by atoms with E-state index in [2.05, 4.69) is 91.7 Å². The topological polar surface area (TPSA) is 12.5 Å². The average molecular weight is 329 g/mol. The van der Waals surface area contributed by atoms with Crippen molar-refractivity contribution in [3.63, 3.8) is 0 Å². The summed E-state index contributed by atoms with van der Waals surface area (Å²) in [5.74, 6) is 0. The molecule has 2 nitrogen and oxygen atoms in total. The number of nitrogens with zero attached hydrogens (tertiary/aromatic N) is 1. The molecule has 0 bridgehead atoms. The van der Waals surface area contributed by atoms with E-state index in [0.717, 1.165) is 12.1 Å². The monoisotopic (exact) mass is 329 g/mol. The largest absolute Gasteiger partial charge is 0.265 e. The standard InChI is InChI=1S/C23H23NO/c1-17-10-6-8-14-20(17)22-16-23(21-15-9-7-11-18(21)2)25-24(22)19-12-4-3-5-13-19/h3-15,22-23H,16H2,1-2H3/t22-,23+/m0/s1. The summed E-state index contributed by atoms with van der Waals surface area (Å²) in [6, 6.07) is 27.8. The lowest BCUT2D eigenvalue weighted by Crippen LogP contribution is -2.21. The highest BCUT2D eigenvalue weighted by atomic mass is 16.7. The maximum Gasteiger partial charge on any atom is 0.113 e. The Bertz CT molecular complexity index is 859. The molecule has 25 heavy (non-hydrogen) atoms. The highest BCUT2D eigenvalue weighted by molar-refractivity contribution is 5.49. The summed E-state index contributed by atoms with van der Waals surface area (Å²) in [6.07, 6.45) is 1.02. The van der Waals surface area contributed by atoms with Gasteiger partial charge in [-0.05, 0) is 48.2 Å². The van der Waals surface area contributed by atoms with Crippen molar-refractivity contribution in [1.29, 1.82) is 0 Å². The molecule has 126 valence electrons. The van der Waals surface area contributed by atoms with Crippen molar-refractivity contribution in [2.45, 2.75) is 32.4 Å². The smallest absolute Gasteiger partial charge is 0.113 e. The number of hydroxylamine groups is 1. The van der Waals surface area contributed by atoms with Crippen molar-refractivity contribution in [2.75, 3.05) is 5.06 Å². The average Bonchev–Trinajstić information content (AvgIpc) is 3.08. The molecule has 2 atom stereocenters. The molecule has 3 aromatic rings. The Morgan fingerprint density at radius 1 is 0.720 bits per heavy atom. The van der Waals surface area contributed by atoms with Crippen LogP contribution in [0.3, 0.4) is 0 Å². The first-order valence-electron chi connectivity index (χ1n) is 8.86. The van der Waals surface area contributed by atoms with Crippen LogP contribution in [0.4, 0.5) is 5.69 Å². The fraction of sp³-hybridized carbons (Fsp3) is 0.217. The Morgan fingerprint density at radius 3 is 1.92 bits per heavy atom. The fourth-order valence-electron chi connectivity index (χ4n) is 3.71. The van der Waals surface area contributed by atoms with E-state index in [0.29, 0.717) is 0 Å². The third-order valence-electron chi connectivity index (χ3n) is 5.05. The van der Waals surface area contributed by atoms with Crippen LogP contribution in [0.1, 0.15) is 40.8 Å². The molecule has 1 aliphatic heterocycles. The second kappa shape index (κ2) is 6.73. The molecule has 2 heteroatoms. The molecule has 0 spiro atoms. The summed E-state index contributed by atoms with van der Waals surface area (Å²) in [5.41, 5.74) is 6.31. The van der Waals surface area contributed by atoms with Crippen LogP contribution < -0.4 is 5.06 Å². The molecule has 0 aromatic heterocycles. The molecule has 3 aromatic carbocycles. The minimum absolute atomic E-state index is 0.0750. The number of aryl methyl sites for hydroxylation is 2. The van der Waals surface area contributed by atoms with E-state index >= 15 is 0 Å². The summed E-state index contributed by atoms with van der Waals surface area (Å²) in [4.78, 5) is 6.47. The number of hydrogen-bond acceptors (Lipinski definition) is 2. The zero-order valence-electron chi connectivity index (χ0n) is 14.7. The molecule has 0 saturated carbocycles. The normalized spacial score (nSPS) is 20.0. The minimum Gasteiger partial charge on any atom is -0.265 e. The summed E-state index contributed by atoms with van der Waals surface area (Å²) in [6.45, 7) is 4.34. The van der Waals surface area contributed by atoms with Crippen LogP contribution in [-0.4, -0.2) is 0 Å². The van der Waals surface area contributed by atoms with Crippen LogP contribution in [0, 0.1) is 13.8 Å². The van der Waals surface area contributed by atoms with Crippen LogP contribution in [0.25, 0.3) is 0 Å². The van der Waals surface area contributed by atoms with Crippen molar-refractivity contribution < 1.29 is 4.84 Å². The van der Waals surface area contributed by atoms with Gasteiger partial charge in [0.15, 0.2) is 0 Å². The highest BCUT2D eigenvalue weighted by Crippen LogP contribution is 2.45. The van der Waals surface area contributed by atoms with Crippen molar-refractivity contribution >= 4 is 5.69 Å². The predicted octanol–water partition coefficient (Wildman–Crippen LogP) is 5.93. The predicted molar refractivity (Wildman–Crippen MR) is 102 cm³/mol. The third-order valence-corrected chi connectivity index (χ3v) is 5.05. The maximum absolute atomic E-state index is 6.47. The van der Waals surface area contributed by atoms with Gasteiger partial charge in [0.05, 0.1) is 11.7 Å². The Morgan fingerprint density at radius 2 is 1.28 bits per heavy atom. The van der Waals surface area contributed by atoms with Gasteiger partial charge in [-0.2, -0.15) is 0 Å². The van der Waals surface area contributed by atoms with Gasteiger partial charge in [0.25, 0.3) is 0 Å². The number of para-hydroxylation sites is 1. The third kappa shape index (κ3) is 3.06. The van der Waals surface area contributed by atoms with Gasteiger partial charge in [-0.15, -0.1) is 0 Å². The lowest BCUT2D eigenvalue weighted by atomic mass is 9.93. The van der Waals surface area contributed by atoms with Gasteiger partial charge in [0, 0.05) is 6.42 Å². The second-order valence-corrected chi connectivity index (χ2v) is 6.72. The van der Waals surface area contributed by atoms with E-state index in [1.165, 1.54) is 22.3 Å². The van der Waals surface area contributed by atoms with Gasteiger partial charge in [-0.3, -0.25) is 4.84 Å². The lowest BCUT2D eigenvalue weighted by Gasteiger charge is -2.26. The van der Waals surface area contributed by atoms with Crippen molar-refractivity contribution in [3.8, 4) is 0 Å². The molecule has 1 saturated heterocycles. The number of anilines is 1. The van der Waals surface area contributed by atoms with Crippen LogP contribution in [0.15, 0.2) is 78.9 Å². The van der Waals surface area contributed by atoms with Crippen LogP contribution in [-0.2, 0) is 4.84 Å². The van der Waals surface area contributed by atoms with E-state index < -0.39 is 0 Å². The first-order chi connectivity index (χ1) is 12.2. The second-order valence-electron chi connectivity index (χ2n) is 6.72. The maximum atomic E-state index is 6.47. The highest BCUT2D eigenvalue weighted by Gasteiger charge is 2.36. The summed E-state index contributed by atoms with van der Waals surface area (Å²) < 4.78 is 0. The summed E-state index contributed by atoms with van der Waals surface area (Å²) >= 11 is 0. The molecule has 0 aliphatic carbocycles. The zero-order valence-corrected chi connectivity index (χ0v) is 14.7. The Hall–Kier alpha value is -2.58. The zero-order chi connectivity index (χ0) is 17.2. The van der Waals surface area contributed by atoms with E-state index in [1.54, 1.807) is 0 Å². The van der Waals surface area contributed by atoms with Gasteiger partial charge < -0.3 is 0 Å². The van der Waals surface area contributed by atoms with Gasteiger partial charge >= 0.3 is 0 Å². The van der Waals surface area contributed by atoms with Crippen LogP contribution in [0.2, 0.25) is 0 Å². The first kappa shape index (κ1) is 15.9. The molecule has 0 unspecified atom stereocenters. The Kier molecular flexibility index (Phi) is 4.29. The SMILES string of the molecule is Cc1ccccc1[C@H]1C[C@@H](c2ccccc2C)N(c2ccccc2)O1. The first-order valence-corrected chi connectivity index (χ1v) is 8.86. The van der Waals surface area contributed by atoms with E-state index in [9.17, 15) is 0 Å². The molecule has 0 N–H and O–H groups in total. The molecule has 1 fully saturated rings.